The van der Waals surface area contributed by atoms with E-state index in [1.54, 1.807) is 0 Å². The highest BCUT2D eigenvalue weighted by atomic mass is 28.4. The summed E-state index contributed by atoms with van der Waals surface area (Å²) >= 11 is 0. The van der Waals surface area contributed by atoms with E-state index in [0.29, 0.717) is 19.8 Å². The third-order valence-corrected chi connectivity index (χ3v) is 12.6. The minimum Gasteiger partial charge on any atom is -0.408 e. The van der Waals surface area contributed by atoms with Gasteiger partial charge in [0.05, 0.1) is 19.8 Å². The van der Waals surface area contributed by atoms with Crippen LogP contribution in [0.1, 0.15) is 43.8 Å². The van der Waals surface area contributed by atoms with Gasteiger partial charge in [0.1, 0.15) is 24.4 Å². The summed E-state index contributed by atoms with van der Waals surface area (Å²) in [5.74, 6) is 0. The SMILES string of the molecule is CC(C)(C)[Si](C)(C)OC1[C@H](OCc2ccccc2)[C@@H](OCc2ccccc2)O[C@@H]2COC(c3ccccc3)O[C@@H]12. The molecule has 0 aliphatic carbocycles. The van der Waals surface area contributed by atoms with Crippen molar-refractivity contribution in [2.45, 2.75) is 89.1 Å². The Kier molecular flexibility index (Phi) is 9.22. The van der Waals surface area contributed by atoms with Crippen molar-refractivity contribution < 1.29 is 28.1 Å². The summed E-state index contributed by atoms with van der Waals surface area (Å²) < 4.78 is 39.6. The molecule has 2 fully saturated rings. The van der Waals surface area contributed by atoms with Crippen LogP contribution in [0.15, 0.2) is 91.0 Å². The molecule has 6 atom stereocenters. The highest BCUT2D eigenvalue weighted by Crippen LogP contribution is 2.43. The van der Waals surface area contributed by atoms with Gasteiger partial charge in [0.15, 0.2) is 20.9 Å². The van der Waals surface area contributed by atoms with Crippen LogP contribution in [0, 0.1) is 0 Å². The number of ether oxygens (including phenoxy) is 5. The predicted octanol–water partition coefficient (Wildman–Crippen LogP) is 7.02. The van der Waals surface area contributed by atoms with Crippen molar-refractivity contribution in [1.29, 1.82) is 0 Å². The van der Waals surface area contributed by atoms with Gasteiger partial charge in [0.2, 0.25) is 0 Å². The minimum absolute atomic E-state index is 0.00479. The second kappa shape index (κ2) is 12.7. The molecule has 0 spiro atoms. The third-order valence-electron chi connectivity index (χ3n) is 8.13. The van der Waals surface area contributed by atoms with Crippen LogP contribution in [0.2, 0.25) is 18.1 Å². The molecular formula is C33H42O6Si. The maximum Gasteiger partial charge on any atom is 0.192 e. The number of rotatable bonds is 9. The lowest BCUT2D eigenvalue weighted by Gasteiger charge is -2.52. The van der Waals surface area contributed by atoms with Crippen molar-refractivity contribution in [3.05, 3.63) is 108 Å². The molecule has 0 N–H and O–H groups in total. The van der Waals surface area contributed by atoms with E-state index in [1.165, 1.54) is 0 Å². The Hall–Kier alpha value is -2.36. The van der Waals surface area contributed by atoms with Crippen LogP contribution in [0.25, 0.3) is 0 Å². The monoisotopic (exact) mass is 562 g/mol. The Labute approximate surface area is 239 Å². The van der Waals surface area contributed by atoms with Crippen LogP contribution in [0.5, 0.6) is 0 Å². The third kappa shape index (κ3) is 6.91. The summed E-state index contributed by atoms with van der Waals surface area (Å²) in [6, 6.07) is 30.3. The van der Waals surface area contributed by atoms with Crippen molar-refractivity contribution in [1.82, 2.24) is 0 Å². The van der Waals surface area contributed by atoms with E-state index in [2.05, 4.69) is 46.0 Å². The van der Waals surface area contributed by atoms with Crippen molar-refractivity contribution >= 4 is 8.32 Å². The van der Waals surface area contributed by atoms with Crippen LogP contribution in [-0.2, 0) is 41.3 Å². The fourth-order valence-corrected chi connectivity index (χ4v) is 6.11. The summed E-state index contributed by atoms with van der Waals surface area (Å²) in [7, 11) is -2.25. The topological polar surface area (TPSA) is 55.4 Å². The van der Waals surface area contributed by atoms with Gasteiger partial charge in [0.25, 0.3) is 0 Å². The molecular weight excluding hydrogens is 520 g/mol. The normalized spacial score (nSPS) is 27.2. The van der Waals surface area contributed by atoms with Crippen LogP contribution < -0.4 is 0 Å². The molecule has 40 heavy (non-hydrogen) atoms. The highest BCUT2D eigenvalue weighted by Gasteiger charge is 2.54. The van der Waals surface area contributed by atoms with Gasteiger partial charge >= 0.3 is 0 Å². The van der Waals surface area contributed by atoms with E-state index in [1.807, 2.05) is 78.9 Å². The first-order chi connectivity index (χ1) is 19.2. The summed E-state index contributed by atoms with van der Waals surface area (Å²) in [6.07, 6.45) is -2.81. The molecule has 0 radical (unpaired) electrons. The van der Waals surface area contributed by atoms with Crippen molar-refractivity contribution in [2.24, 2.45) is 0 Å². The van der Waals surface area contributed by atoms with E-state index in [9.17, 15) is 0 Å². The van der Waals surface area contributed by atoms with Crippen LogP contribution in [0.4, 0.5) is 0 Å². The van der Waals surface area contributed by atoms with Gasteiger partial charge in [-0.05, 0) is 29.3 Å². The fraction of sp³-hybridized carbons (Fsp3) is 0.455. The Balaban J connectivity index is 1.46. The average molecular weight is 563 g/mol. The number of fused-ring (bicyclic) bond motifs is 1. The summed E-state index contributed by atoms with van der Waals surface area (Å²) in [6.45, 7) is 12.4. The van der Waals surface area contributed by atoms with Gasteiger partial charge in [-0.1, -0.05) is 112 Å². The van der Waals surface area contributed by atoms with Crippen molar-refractivity contribution in [3.63, 3.8) is 0 Å². The van der Waals surface area contributed by atoms with E-state index >= 15 is 0 Å². The van der Waals surface area contributed by atoms with E-state index in [-0.39, 0.29) is 17.2 Å². The lowest BCUT2D eigenvalue weighted by atomic mass is 9.97. The Morgan fingerprint density at radius 1 is 0.725 bits per heavy atom. The van der Waals surface area contributed by atoms with E-state index in [4.69, 9.17) is 28.1 Å². The summed E-state index contributed by atoms with van der Waals surface area (Å²) in [5, 5.41) is -0.00479. The molecule has 0 bridgehead atoms. The second-order valence-electron chi connectivity index (χ2n) is 12.1. The molecule has 0 aromatic heterocycles. The number of hydrogen-bond acceptors (Lipinski definition) is 6. The van der Waals surface area contributed by atoms with Crippen molar-refractivity contribution in [2.75, 3.05) is 6.61 Å². The number of hydrogen-bond donors (Lipinski definition) is 0. The molecule has 0 amide bonds. The first kappa shape index (κ1) is 29.1. The van der Waals surface area contributed by atoms with Gasteiger partial charge in [-0.25, -0.2) is 0 Å². The van der Waals surface area contributed by atoms with Gasteiger partial charge < -0.3 is 28.1 Å². The van der Waals surface area contributed by atoms with Gasteiger partial charge in [-0.15, -0.1) is 0 Å². The highest BCUT2D eigenvalue weighted by molar-refractivity contribution is 6.74. The van der Waals surface area contributed by atoms with Crippen LogP contribution in [0.3, 0.4) is 0 Å². The molecule has 5 rings (SSSR count). The molecule has 0 saturated carbocycles. The molecule has 6 nitrogen and oxygen atoms in total. The fourth-order valence-electron chi connectivity index (χ4n) is 4.81. The van der Waals surface area contributed by atoms with Gasteiger partial charge in [0, 0.05) is 5.56 Å². The largest absolute Gasteiger partial charge is 0.408 e. The lowest BCUT2D eigenvalue weighted by molar-refractivity contribution is -0.366. The van der Waals surface area contributed by atoms with E-state index < -0.39 is 33.1 Å². The standard InChI is InChI=1S/C33H42O6Si/c1-33(2,3)40(4,5)39-29-28-27(23-36-31(38-28)26-19-13-8-14-20-26)37-32(35-22-25-17-11-7-12-18-25)30(29)34-21-24-15-9-6-10-16-24/h6-20,27-32H,21-23H2,1-5H3/t27-,28-,29?,30+,31?,32+/m1/s1. The van der Waals surface area contributed by atoms with Gasteiger partial charge in [-0.3, -0.25) is 0 Å². The maximum absolute atomic E-state index is 7.15. The molecule has 3 aromatic rings. The molecule has 2 saturated heterocycles. The minimum atomic E-state index is -2.25. The Bertz CT molecular complexity index is 1180. The zero-order valence-corrected chi connectivity index (χ0v) is 25.2. The first-order valence-corrected chi connectivity index (χ1v) is 17.1. The van der Waals surface area contributed by atoms with Crippen LogP contribution >= 0.6 is 0 Å². The quantitative estimate of drug-likeness (QED) is 0.261. The molecule has 7 heteroatoms. The molecule has 2 unspecified atom stereocenters. The first-order valence-electron chi connectivity index (χ1n) is 14.2. The van der Waals surface area contributed by atoms with E-state index in [0.717, 1.165) is 16.7 Å². The zero-order chi connectivity index (χ0) is 28.2. The summed E-state index contributed by atoms with van der Waals surface area (Å²) in [5.41, 5.74) is 3.11. The molecule has 2 aliphatic rings. The smallest absolute Gasteiger partial charge is 0.192 e. The summed E-state index contributed by atoms with van der Waals surface area (Å²) in [4.78, 5) is 0. The Morgan fingerprint density at radius 2 is 1.27 bits per heavy atom. The number of benzene rings is 3. The molecule has 214 valence electrons. The predicted molar refractivity (Wildman–Crippen MR) is 157 cm³/mol. The molecule has 3 aromatic carbocycles. The zero-order valence-electron chi connectivity index (χ0n) is 24.2. The molecule has 2 heterocycles. The molecule has 2 aliphatic heterocycles. The maximum atomic E-state index is 7.15. The second-order valence-corrected chi connectivity index (χ2v) is 16.9. The van der Waals surface area contributed by atoms with Gasteiger partial charge in [-0.2, -0.15) is 0 Å². The average Bonchev–Trinajstić information content (AvgIpc) is 2.96. The van der Waals surface area contributed by atoms with Crippen LogP contribution in [-0.4, -0.2) is 45.6 Å². The lowest BCUT2D eigenvalue weighted by Crippen LogP contribution is -2.66. The van der Waals surface area contributed by atoms with Crippen molar-refractivity contribution in [3.8, 4) is 0 Å². The Morgan fingerprint density at radius 3 is 1.85 bits per heavy atom.